The maximum Gasteiger partial charge on any atom is 0.264 e. The summed E-state index contributed by atoms with van der Waals surface area (Å²) in [7, 11) is -3.89. The monoisotopic (exact) mass is 480 g/mol. The summed E-state index contributed by atoms with van der Waals surface area (Å²) in [6.07, 6.45) is -1.000. The van der Waals surface area contributed by atoms with Gasteiger partial charge in [-0.15, -0.1) is 0 Å². The fourth-order valence-corrected chi connectivity index (χ4v) is 5.29. The lowest BCUT2D eigenvalue weighted by Gasteiger charge is -2.35. The van der Waals surface area contributed by atoms with Crippen molar-refractivity contribution < 1.29 is 22.7 Å². The fraction of sp³-hybridized carbons (Fsp3) is 0.269. The van der Waals surface area contributed by atoms with Crippen LogP contribution in [-0.2, 0) is 14.8 Å². The molecule has 8 heteroatoms. The van der Waals surface area contributed by atoms with Crippen molar-refractivity contribution >= 4 is 21.6 Å². The molecule has 0 aliphatic carbocycles. The Morgan fingerprint density at radius 1 is 1.09 bits per heavy atom. The number of amides is 1. The molecule has 1 amide bonds. The molecule has 1 aliphatic heterocycles. The number of sulfonamides is 1. The van der Waals surface area contributed by atoms with E-state index in [0.717, 1.165) is 16.9 Å². The second-order valence-electron chi connectivity index (χ2n) is 8.16. The third kappa shape index (κ3) is 4.87. The summed E-state index contributed by atoms with van der Waals surface area (Å²) in [4.78, 5) is 13.3. The maximum atomic E-state index is 13.5. The zero-order chi connectivity index (χ0) is 24.3. The number of carbonyl (C=O) groups is 1. The lowest BCUT2D eigenvalue weighted by molar-refractivity contribution is -0.128. The molecule has 0 saturated carbocycles. The van der Waals surface area contributed by atoms with Crippen LogP contribution in [-0.4, -0.2) is 33.6 Å². The number of rotatable bonds is 7. The van der Waals surface area contributed by atoms with Gasteiger partial charge in [0.15, 0.2) is 6.10 Å². The molecule has 4 rings (SSSR count). The van der Waals surface area contributed by atoms with Crippen molar-refractivity contribution in [3.63, 3.8) is 0 Å². The number of hydrogen-bond donors (Lipinski definition) is 1. The number of ether oxygens (including phenoxy) is 2. The first-order chi connectivity index (χ1) is 16.3. The predicted molar refractivity (Wildman–Crippen MR) is 131 cm³/mol. The third-order valence-corrected chi connectivity index (χ3v) is 7.48. The Labute approximate surface area is 200 Å². The van der Waals surface area contributed by atoms with Crippen molar-refractivity contribution in [1.82, 2.24) is 5.32 Å². The topological polar surface area (TPSA) is 84.9 Å². The van der Waals surface area contributed by atoms with Crippen molar-refractivity contribution in [2.45, 2.75) is 37.8 Å². The van der Waals surface area contributed by atoms with Gasteiger partial charge in [-0.1, -0.05) is 42.0 Å². The molecule has 0 bridgehead atoms. The molecular formula is C26H28N2O5S. The van der Waals surface area contributed by atoms with Gasteiger partial charge in [-0.05, 0) is 62.7 Å². The van der Waals surface area contributed by atoms with Gasteiger partial charge in [-0.2, -0.15) is 0 Å². The molecule has 3 aromatic carbocycles. The number of nitrogens with one attached hydrogen (secondary N) is 1. The van der Waals surface area contributed by atoms with Gasteiger partial charge in [0.1, 0.15) is 11.5 Å². The SMILES string of the molecule is CCOc1ccc([C@@H](C)NC(=O)[C@@H]2CN(S(=O)(=O)c3ccc(C)cc3)c3ccccc3O2)cc1. The van der Waals surface area contributed by atoms with Crippen LogP contribution in [0.25, 0.3) is 0 Å². The van der Waals surface area contributed by atoms with Gasteiger partial charge < -0.3 is 14.8 Å². The number of anilines is 1. The number of para-hydroxylation sites is 2. The van der Waals surface area contributed by atoms with Gasteiger partial charge in [0.2, 0.25) is 0 Å². The van der Waals surface area contributed by atoms with Crippen LogP contribution >= 0.6 is 0 Å². The maximum absolute atomic E-state index is 13.5. The third-order valence-electron chi connectivity index (χ3n) is 5.69. The van der Waals surface area contributed by atoms with E-state index in [1.807, 2.05) is 45.0 Å². The average molecular weight is 481 g/mol. The lowest BCUT2D eigenvalue weighted by Crippen LogP contribution is -2.51. The summed E-state index contributed by atoms with van der Waals surface area (Å²) >= 11 is 0. The molecule has 2 atom stereocenters. The number of hydrogen-bond acceptors (Lipinski definition) is 5. The van der Waals surface area contributed by atoms with Crippen LogP contribution in [0.15, 0.2) is 77.7 Å². The fourth-order valence-electron chi connectivity index (χ4n) is 3.81. The molecule has 0 aromatic heterocycles. The summed E-state index contributed by atoms with van der Waals surface area (Å²) in [6.45, 7) is 6.13. The van der Waals surface area contributed by atoms with Crippen molar-refractivity contribution in [2.75, 3.05) is 17.5 Å². The van der Waals surface area contributed by atoms with Crippen LogP contribution < -0.4 is 19.1 Å². The van der Waals surface area contributed by atoms with Crippen LogP contribution in [0, 0.1) is 6.92 Å². The van der Waals surface area contributed by atoms with E-state index in [1.54, 1.807) is 48.5 Å². The van der Waals surface area contributed by atoms with Gasteiger partial charge in [0, 0.05) is 0 Å². The molecule has 0 unspecified atom stereocenters. The number of benzene rings is 3. The minimum atomic E-state index is -3.89. The van der Waals surface area contributed by atoms with Crippen LogP contribution in [0.3, 0.4) is 0 Å². The Hall–Kier alpha value is -3.52. The first kappa shape index (κ1) is 23.6. The molecule has 0 radical (unpaired) electrons. The normalized spacial score (nSPS) is 16.2. The number of nitrogens with zero attached hydrogens (tertiary/aromatic N) is 1. The lowest BCUT2D eigenvalue weighted by atomic mass is 10.1. The molecule has 1 N–H and O–H groups in total. The quantitative estimate of drug-likeness (QED) is 0.547. The molecule has 1 aliphatic rings. The Morgan fingerprint density at radius 2 is 1.76 bits per heavy atom. The van der Waals surface area contributed by atoms with Crippen molar-refractivity contribution in [1.29, 1.82) is 0 Å². The molecule has 0 fully saturated rings. The molecule has 1 heterocycles. The Morgan fingerprint density at radius 3 is 2.44 bits per heavy atom. The van der Waals surface area contributed by atoms with Crippen LogP contribution in [0.1, 0.15) is 31.0 Å². The number of aryl methyl sites for hydroxylation is 1. The number of carbonyl (C=O) groups excluding carboxylic acids is 1. The summed E-state index contributed by atoms with van der Waals surface area (Å²) in [6, 6.07) is 20.7. The molecule has 178 valence electrons. The smallest absolute Gasteiger partial charge is 0.264 e. The van der Waals surface area contributed by atoms with E-state index >= 15 is 0 Å². The van der Waals surface area contributed by atoms with E-state index < -0.39 is 16.1 Å². The molecule has 0 spiro atoms. The second-order valence-corrected chi connectivity index (χ2v) is 10.0. The van der Waals surface area contributed by atoms with Crippen molar-refractivity contribution in [3.05, 3.63) is 83.9 Å². The van der Waals surface area contributed by atoms with E-state index in [2.05, 4.69) is 5.32 Å². The van der Waals surface area contributed by atoms with Crippen LogP contribution in [0.2, 0.25) is 0 Å². The van der Waals surface area contributed by atoms with E-state index in [0.29, 0.717) is 18.0 Å². The van der Waals surface area contributed by atoms with E-state index in [4.69, 9.17) is 9.47 Å². The van der Waals surface area contributed by atoms with E-state index in [-0.39, 0.29) is 23.4 Å². The molecule has 7 nitrogen and oxygen atoms in total. The van der Waals surface area contributed by atoms with E-state index in [1.165, 1.54) is 4.31 Å². The molecular weight excluding hydrogens is 452 g/mol. The minimum absolute atomic E-state index is 0.130. The standard InChI is InChI=1S/C26H28N2O5S/c1-4-32-21-13-11-20(12-14-21)19(3)27-26(29)25-17-28(23-7-5-6-8-24(23)33-25)34(30,31)22-15-9-18(2)10-16-22/h5-16,19,25H,4,17H2,1-3H3,(H,27,29)/t19-,25+/m1/s1. The first-order valence-corrected chi connectivity index (χ1v) is 12.6. The van der Waals surface area contributed by atoms with Gasteiger partial charge in [0.25, 0.3) is 15.9 Å². The summed E-state index contributed by atoms with van der Waals surface area (Å²) < 4.78 is 39.6. The first-order valence-electron chi connectivity index (χ1n) is 11.2. The van der Waals surface area contributed by atoms with Crippen LogP contribution in [0.5, 0.6) is 11.5 Å². The Kier molecular flexibility index (Phi) is 6.79. The second kappa shape index (κ2) is 9.77. The van der Waals surface area contributed by atoms with Gasteiger partial charge in [-0.25, -0.2) is 8.42 Å². The summed E-state index contributed by atoms with van der Waals surface area (Å²) in [5.74, 6) is 0.715. The summed E-state index contributed by atoms with van der Waals surface area (Å²) in [5, 5.41) is 2.94. The molecule has 3 aromatic rings. The highest BCUT2D eigenvalue weighted by molar-refractivity contribution is 7.92. The Balaban J connectivity index is 1.56. The van der Waals surface area contributed by atoms with Gasteiger partial charge in [-0.3, -0.25) is 9.10 Å². The number of fused-ring (bicyclic) bond motifs is 1. The van der Waals surface area contributed by atoms with Crippen molar-refractivity contribution in [2.24, 2.45) is 0 Å². The van der Waals surface area contributed by atoms with Gasteiger partial charge >= 0.3 is 0 Å². The van der Waals surface area contributed by atoms with E-state index in [9.17, 15) is 13.2 Å². The molecule has 34 heavy (non-hydrogen) atoms. The predicted octanol–water partition coefficient (Wildman–Crippen LogP) is 4.23. The minimum Gasteiger partial charge on any atom is -0.494 e. The highest BCUT2D eigenvalue weighted by Crippen LogP contribution is 2.37. The zero-order valence-corrected chi connectivity index (χ0v) is 20.2. The highest BCUT2D eigenvalue weighted by atomic mass is 32.2. The van der Waals surface area contributed by atoms with Crippen molar-refractivity contribution in [3.8, 4) is 11.5 Å². The van der Waals surface area contributed by atoms with Gasteiger partial charge in [0.05, 0.1) is 29.8 Å². The largest absolute Gasteiger partial charge is 0.494 e. The molecule has 0 saturated heterocycles. The van der Waals surface area contributed by atoms with Crippen LogP contribution in [0.4, 0.5) is 5.69 Å². The zero-order valence-electron chi connectivity index (χ0n) is 19.4. The summed E-state index contributed by atoms with van der Waals surface area (Å²) in [5.41, 5.74) is 2.27. The Bertz CT molecular complexity index is 1260. The average Bonchev–Trinajstić information content (AvgIpc) is 2.84. The highest BCUT2D eigenvalue weighted by Gasteiger charge is 2.37.